The maximum atomic E-state index is 9.80. The second-order valence-corrected chi connectivity index (χ2v) is 6.20. The first kappa shape index (κ1) is 15.0. The lowest BCUT2D eigenvalue weighted by atomic mass is 10.1. The maximum Gasteiger partial charge on any atom is 0.0957 e. The second-order valence-electron chi connectivity index (χ2n) is 5.17. The van der Waals surface area contributed by atoms with Gasteiger partial charge in [-0.2, -0.15) is 0 Å². The molecule has 0 amide bonds. The Morgan fingerprint density at radius 2 is 2.10 bits per heavy atom. The zero-order valence-corrected chi connectivity index (χ0v) is 13.1. The van der Waals surface area contributed by atoms with Gasteiger partial charge in [0.15, 0.2) is 0 Å². The van der Waals surface area contributed by atoms with Gasteiger partial charge in [-0.1, -0.05) is 13.0 Å². The lowest BCUT2D eigenvalue weighted by molar-refractivity contribution is 0.169. The predicted molar refractivity (Wildman–Crippen MR) is 85.1 cm³/mol. The highest BCUT2D eigenvalue weighted by atomic mass is 32.1. The first-order valence-corrected chi connectivity index (χ1v) is 7.92. The fourth-order valence-corrected chi connectivity index (χ4v) is 2.82. The number of thiophene rings is 1. The molecule has 3 nitrogen and oxygen atoms in total. The van der Waals surface area contributed by atoms with Crippen LogP contribution in [0.2, 0.25) is 0 Å². The summed E-state index contributed by atoms with van der Waals surface area (Å²) in [6.07, 6.45) is 2.09. The number of hydrogen-bond donors (Lipinski definition) is 1. The number of hydrogen-bond acceptors (Lipinski definition) is 4. The molecule has 2 rings (SSSR count). The minimum Gasteiger partial charge on any atom is -0.387 e. The molecular formula is C16H22N2OS. The number of anilines is 1. The van der Waals surface area contributed by atoms with E-state index in [4.69, 9.17) is 0 Å². The molecule has 0 saturated heterocycles. The molecule has 0 aliphatic heterocycles. The van der Waals surface area contributed by atoms with Crippen LogP contribution in [0.15, 0.2) is 35.8 Å². The highest BCUT2D eigenvalue weighted by molar-refractivity contribution is 7.09. The van der Waals surface area contributed by atoms with Gasteiger partial charge in [-0.05, 0) is 43.8 Å². The summed E-state index contributed by atoms with van der Waals surface area (Å²) in [6.45, 7) is 7.22. The van der Waals surface area contributed by atoms with Crippen molar-refractivity contribution in [2.45, 2.75) is 45.9 Å². The van der Waals surface area contributed by atoms with Gasteiger partial charge in [0.2, 0.25) is 0 Å². The summed E-state index contributed by atoms with van der Waals surface area (Å²) in [5.74, 6) is 0. The highest BCUT2D eigenvalue weighted by Crippen LogP contribution is 2.23. The average Bonchev–Trinajstić information content (AvgIpc) is 2.97. The molecule has 1 atom stereocenters. The van der Waals surface area contributed by atoms with Crippen molar-refractivity contribution in [2.75, 3.05) is 4.90 Å². The van der Waals surface area contributed by atoms with E-state index in [-0.39, 0.29) is 0 Å². The first-order chi connectivity index (χ1) is 9.61. The van der Waals surface area contributed by atoms with Crippen LogP contribution in [-0.2, 0) is 6.54 Å². The Kier molecular flexibility index (Phi) is 5.15. The molecular weight excluding hydrogens is 268 g/mol. The van der Waals surface area contributed by atoms with Gasteiger partial charge in [0.25, 0.3) is 0 Å². The minimum absolute atomic E-state index is 0.404. The molecule has 1 N–H and O–H groups in total. The molecule has 0 fully saturated rings. The zero-order valence-electron chi connectivity index (χ0n) is 12.3. The summed E-state index contributed by atoms with van der Waals surface area (Å²) in [5.41, 5.74) is 1.84. The van der Waals surface area contributed by atoms with Gasteiger partial charge in [-0.15, -0.1) is 11.3 Å². The summed E-state index contributed by atoms with van der Waals surface area (Å²) in [6, 6.07) is 8.61. The molecule has 0 radical (unpaired) electrons. The molecule has 0 spiro atoms. The zero-order chi connectivity index (χ0) is 14.5. The molecule has 0 aromatic carbocycles. The van der Waals surface area contributed by atoms with E-state index in [1.165, 1.54) is 4.88 Å². The molecule has 2 aromatic rings. The Morgan fingerprint density at radius 1 is 1.30 bits per heavy atom. The van der Waals surface area contributed by atoms with Gasteiger partial charge in [0.1, 0.15) is 0 Å². The van der Waals surface area contributed by atoms with Crippen molar-refractivity contribution in [3.63, 3.8) is 0 Å². The van der Waals surface area contributed by atoms with E-state index < -0.39 is 6.10 Å². The van der Waals surface area contributed by atoms with E-state index in [1.807, 2.05) is 19.2 Å². The number of rotatable bonds is 6. The molecule has 0 aliphatic rings. The van der Waals surface area contributed by atoms with Crippen molar-refractivity contribution in [1.29, 1.82) is 0 Å². The standard InChI is InChI=1S/C16H22N2OS/c1-4-16(19)15-8-7-13(10-17-15)18(12(2)3)11-14-6-5-9-20-14/h5-10,12,16,19H,4,11H2,1-3H3. The number of aliphatic hydroxyl groups excluding tert-OH is 1. The van der Waals surface area contributed by atoms with Crippen molar-refractivity contribution in [3.05, 3.63) is 46.4 Å². The van der Waals surface area contributed by atoms with Crippen molar-refractivity contribution in [2.24, 2.45) is 0 Å². The van der Waals surface area contributed by atoms with Crippen LogP contribution in [-0.4, -0.2) is 16.1 Å². The lowest BCUT2D eigenvalue weighted by Gasteiger charge is -2.28. The van der Waals surface area contributed by atoms with Crippen LogP contribution >= 0.6 is 11.3 Å². The molecule has 2 aromatic heterocycles. The fourth-order valence-electron chi connectivity index (χ4n) is 2.12. The van der Waals surface area contributed by atoms with Gasteiger partial charge < -0.3 is 10.0 Å². The van der Waals surface area contributed by atoms with Crippen LogP contribution in [0.5, 0.6) is 0 Å². The maximum absolute atomic E-state index is 9.80. The topological polar surface area (TPSA) is 36.4 Å². The third-order valence-electron chi connectivity index (χ3n) is 3.36. The summed E-state index contributed by atoms with van der Waals surface area (Å²) >= 11 is 1.77. The number of aliphatic hydroxyl groups is 1. The van der Waals surface area contributed by atoms with Crippen LogP contribution in [0.4, 0.5) is 5.69 Å². The van der Waals surface area contributed by atoms with Crippen LogP contribution in [0, 0.1) is 0 Å². The van der Waals surface area contributed by atoms with E-state index in [1.54, 1.807) is 11.3 Å². The van der Waals surface area contributed by atoms with Crippen molar-refractivity contribution >= 4 is 17.0 Å². The van der Waals surface area contributed by atoms with Gasteiger partial charge in [0.05, 0.1) is 30.2 Å². The van der Waals surface area contributed by atoms with Crippen molar-refractivity contribution < 1.29 is 5.11 Å². The lowest BCUT2D eigenvalue weighted by Crippen LogP contribution is -2.29. The molecule has 20 heavy (non-hydrogen) atoms. The van der Waals surface area contributed by atoms with E-state index in [0.29, 0.717) is 12.5 Å². The van der Waals surface area contributed by atoms with Crippen molar-refractivity contribution in [3.8, 4) is 0 Å². The van der Waals surface area contributed by atoms with Crippen molar-refractivity contribution in [1.82, 2.24) is 4.98 Å². The highest BCUT2D eigenvalue weighted by Gasteiger charge is 2.13. The Hall–Kier alpha value is -1.39. The van der Waals surface area contributed by atoms with Gasteiger partial charge >= 0.3 is 0 Å². The van der Waals surface area contributed by atoms with Crippen LogP contribution in [0.3, 0.4) is 0 Å². The first-order valence-electron chi connectivity index (χ1n) is 7.04. The van der Waals surface area contributed by atoms with E-state index >= 15 is 0 Å². The molecule has 108 valence electrons. The summed E-state index contributed by atoms with van der Waals surface area (Å²) < 4.78 is 0. The summed E-state index contributed by atoms with van der Waals surface area (Å²) in [7, 11) is 0. The largest absolute Gasteiger partial charge is 0.387 e. The minimum atomic E-state index is -0.464. The Bertz CT molecular complexity index is 508. The Balaban J connectivity index is 2.17. The summed E-state index contributed by atoms with van der Waals surface area (Å²) in [4.78, 5) is 8.06. The van der Waals surface area contributed by atoms with Gasteiger partial charge in [0, 0.05) is 10.9 Å². The smallest absolute Gasteiger partial charge is 0.0957 e. The average molecular weight is 290 g/mol. The van der Waals surface area contributed by atoms with Crippen LogP contribution in [0.1, 0.15) is 43.9 Å². The quantitative estimate of drug-likeness (QED) is 0.873. The molecule has 0 aliphatic carbocycles. The monoisotopic (exact) mass is 290 g/mol. The van der Waals surface area contributed by atoms with Gasteiger partial charge in [-0.25, -0.2) is 0 Å². The Labute approximate surface area is 124 Å². The number of aromatic nitrogens is 1. The van der Waals surface area contributed by atoms with E-state index in [9.17, 15) is 5.11 Å². The Morgan fingerprint density at radius 3 is 2.60 bits per heavy atom. The molecule has 2 heterocycles. The van der Waals surface area contributed by atoms with E-state index in [0.717, 1.165) is 17.9 Å². The fraction of sp³-hybridized carbons (Fsp3) is 0.438. The number of pyridine rings is 1. The SMILES string of the molecule is CCC(O)c1ccc(N(Cc2cccs2)C(C)C)cn1. The predicted octanol–water partition coefficient (Wildman–Crippen LogP) is 4.00. The van der Waals surface area contributed by atoms with E-state index in [2.05, 4.69) is 47.3 Å². The van der Waals surface area contributed by atoms with Crippen LogP contribution < -0.4 is 4.90 Å². The molecule has 0 saturated carbocycles. The van der Waals surface area contributed by atoms with Gasteiger partial charge in [-0.3, -0.25) is 4.98 Å². The summed E-state index contributed by atoms with van der Waals surface area (Å²) in [5, 5.41) is 11.9. The third-order valence-corrected chi connectivity index (χ3v) is 4.22. The second kappa shape index (κ2) is 6.86. The normalized spacial score (nSPS) is 12.7. The number of nitrogens with zero attached hydrogens (tertiary/aromatic N) is 2. The molecule has 0 bridgehead atoms. The third kappa shape index (κ3) is 3.58. The molecule has 1 unspecified atom stereocenters. The molecule has 4 heteroatoms. The van der Waals surface area contributed by atoms with Crippen LogP contribution in [0.25, 0.3) is 0 Å².